The van der Waals surface area contributed by atoms with E-state index in [9.17, 15) is 14.0 Å². The first-order valence-corrected chi connectivity index (χ1v) is 11.0. The summed E-state index contributed by atoms with van der Waals surface area (Å²) in [4.78, 5) is 25.6. The molecule has 0 saturated carbocycles. The lowest BCUT2D eigenvalue weighted by Crippen LogP contribution is -2.12. The molecule has 0 radical (unpaired) electrons. The number of fused-ring (bicyclic) bond motifs is 2. The largest absolute Gasteiger partial charge is 0.382 e. The first kappa shape index (κ1) is 20.3. The van der Waals surface area contributed by atoms with Gasteiger partial charge in [-0.1, -0.05) is 24.3 Å². The number of hydrogen-bond acceptors (Lipinski definition) is 5. The van der Waals surface area contributed by atoms with Crippen LogP contribution < -0.4 is 5.73 Å². The van der Waals surface area contributed by atoms with Crippen LogP contribution in [0, 0.1) is 12.7 Å². The number of aryl methyl sites for hydroxylation is 1. The molecular weight excluding hydrogens is 425 g/mol. The van der Waals surface area contributed by atoms with Gasteiger partial charge < -0.3 is 10.3 Å². The molecule has 0 amide bonds. The quantitative estimate of drug-likeness (QED) is 0.424. The standard InChI is InChI=1S/C25H20FN3O2S/c1-13-9-17-20(11-19(13)26)29(12-15-7-8-22-18(10-15)25(27)28-32-22)24(14(2)30)23(17)16-5-3-4-6-21(16)31/h3-5,7-11H,6,12H2,1-2H3,(H2,27,28). The number of ketones is 2. The van der Waals surface area contributed by atoms with Crippen LogP contribution in [0.25, 0.3) is 26.6 Å². The number of carbonyl (C=O) groups excluding carboxylic acids is 2. The molecule has 7 heteroatoms. The number of aromatic nitrogens is 2. The zero-order valence-corrected chi connectivity index (χ0v) is 18.4. The van der Waals surface area contributed by atoms with Crippen LogP contribution in [0.3, 0.4) is 0 Å². The van der Waals surface area contributed by atoms with Crippen molar-refractivity contribution < 1.29 is 14.0 Å². The third kappa shape index (κ3) is 3.17. The van der Waals surface area contributed by atoms with Crippen LogP contribution in [0.5, 0.6) is 0 Å². The van der Waals surface area contributed by atoms with Gasteiger partial charge in [0.15, 0.2) is 11.6 Å². The van der Waals surface area contributed by atoms with Gasteiger partial charge in [0.05, 0.1) is 15.9 Å². The second-order valence-corrected chi connectivity index (χ2v) is 8.82. The van der Waals surface area contributed by atoms with Crippen LogP contribution in [-0.4, -0.2) is 20.5 Å². The normalized spacial score (nSPS) is 13.8. The van der Waals surface area contributed by atoms with Gasteiger partial charge in [-0.15, -0.1) is 0 Å². The minimum Gasteiger partial charge on any atom is -0.382 e. The van der Waals surface area contributed by atoms with E-state index in [4.69, 9.17) is 5.73 Å². The zero-order valence-electron chi connectivity index (χ0n) is 17.6. The number of nitrogens with two attached hydrogens (primary N) is 1. The molecule has 0 aliphatic heterocycles. The molecule has 0 saturated heterocycles. The van der Waals surface area contributed by atoms with Crippen molar-refractivity contribution in [1.29, 1.82) is 0 Å². The average molecular weight is 446 g/mol. The molecule has 160 valence electrons. The molecule has 0 bridgehead atoms. The number of rotatable bonds is 4. The fourth-order valence-electron chi connectivity index (χ4n) is 4.33. The Labute approximate surface area is 187 Å². The number of nitrogen functional groups attached to an aromatic ring is 1. The van der Waals surface area contributed by atoms with Crippen LogP contribution in [0.4, 0.5) is 10.2 Å². The number of carbonyl (C=O) groups is 2. The van der Waals surface area contributed by atoms with Crippen molar-refractivity contribution >= 4 is 55.5 Å². The second kappa shape index (κ2) is 7.53. The summed E-state index contributed by atoms with van der Waals surface area (Å²) in [7, 11) is 0. The van der Waals surface area contributed by atoms with Crippen molar-refractivity contribution in [3.8, 4) is 0 Å². The Balaban J connectivity index is 1.80. The summed E-state index contributed by atoms with van der Waals surface area (Å²) in [5, 5.41) is 1.55. The molecule has 1 aliphatic carbocycles. The molecule has 0 fully saturated rings. The molecule has 32 heavy (non-hydrogen) atoms. The van der Waals surface area contributed by atoms with Crippen molar-refractivity contribution in [1.82, 2.24) is 8.94 Å². The SMILES string of the molecule is CC(=O)c1c(C2=CC=CCC2=O)c2cc(C)c(F)cc2n1Cc1ccc2snc(N)c2c1. The number of benzene rings is 2. The molecule has 2 heterocycles. The highest BCUT2D eigenvalue weighted by atomic mass is 32.1. The first-order valence-electron chi connectivity index (χ1n) is 10.2. The monoisotopic (exact) mass is 445 g/mol. The van der Waals surface area contributed by atoms with Gasteiger partial charge in [0.25, 0.3) is 0 Å². The Hall–Kier alpha value is -3.58. The van der Waals surface area contributed by atoms with Gasteiger partial charge in [0, 0.05) is 41.8 Å². The van der Waals surface area contributed by atoms with Gasteiger partial charge in [-0.25, -0.2) is 4.39 Å². The Kier molecular flexibility index (Phi) is 4.78. The minimum atomic E-state index is -0.358. The summed E-state index contributed by atoms with van der Waals surface area (Å²) in [5.74, 6) is -0.142. The highest BCUT2D eigenvalue weighted by Gasteiger charge is 2.27. The molecule has 1 aliphatic rings. The summed E-state index contributed by atoms with van der Waals surface area (Å²) in [6.07, 6.45) is 5.62. The summed E-state index contributed by atoms with van der Waals surface area (Å²) < 4.78 is 21.6. The van der Waals surface area contributed by atoms with E-state index in [0.29, 0.717) is 45.7 Å². The lowest BCUT2D eigenvalue weighted by Gasteiger charge is -2.12. The van der Waals surface area contributed by atoms with Crippen molar-refractivity contribution in [2.45, 2.75) is 26.8 Å². The van der Waals surface area contributed by atoms with Crippen LogP contribution >= 0.6 is 11.5 Å². The molecule has 5 nitrogen and oxygen atoms in total. The molecule has 4 aromatic rings. The van der Waals surface area contributed by atoms with Gasteiger partial charge in [0.2, 0.25) is 0 Å². The van der Waals surface area contributed by atoms with E-state index >= 15 is 0 Å². The van der Waals surface area contributed by atoms with Crippen LogP contribution in [-0.2, 0) is 11.3 Å². The van der Waals surface area contributed by atoms with E-state index in [2.05, 4.69) is 4.37 Å². The van der Waals surface area contributed by atoms with Gasteiger partial charge in [-0.3, -0.25) is 9.59 Å². The number of allylic oxidation sites excluding steroid dienone is 4. The van der Waals surface area contributed by atoms with E-state index in [-0.39, 0.29) is 23.8 Å². The van der Waals surface area contributed by atoms with E-state index < -0.39 is 0 Å². The summed E-state index contributed by atoms with van der Waals surface area (Å²) in [6.45, 7) is 3.49. The number of halogens is 1. The Morgan fingerprint density at radius 2 is 2.06 bits per heavy atom. The number of Topliss-reactive ketones (excluding diaryl/α,β-unsaturated/α-hetero) is 2. The lowest BCUT2D eigenvalue weighted by molar-refractivity contribution is -0.113. The highest BCUT2D eigenvalue weighted by Crippen LogP contribution is 2.36. The maximum absolute atomic E-state index is 14.6. The molecule has 5 rings (SSSR count). The Morgan fingerprint density at radius 1 is 1.25 bits per heavy atom. The lowest BCUT2D eigenvalue weighted by atomic mass is 9.92. The Morgan fingerprint density at radius 3 is 2.81 bits per heavy atom. The molecule has 0 atom stereocenters. The van der Waals surface area contributed by atoms with Crippen LogP contribution in [0.2, 0.25) is 0 Å². The molecule has 2 aromatic heterocycles. The average Bonchev–Trinajstić information content (AvgIpc) is 3.27. The Bertz CT molecular complexity index is 1510. The number of anilines is 1. The van der Waals surface area contributed by atoms with E-state index in [1.165, 1.54) is 24.5 Å². The predicted molar refractivity (Wildman–Crippen MR) is 127 cm³/mol. The third-order valence-electron chi connectivity index (χ3n) is 5.85. The molecule has 2 N–H and O–H groups in total. The summed E-state index contributed by atoms with van der Waals surface area (Å²) >= 11 is 1.33. The maximum atomic E-state index is 14.6. The summed E-state index contributed by atoms with van der Waals surface area (Å²) in [6, 6.07) is 9.01. The number of nitrogens with zero attached hydrogens (tertiary/aromatic N) is 2. The predicted octanol–water partition coefficient (Wildman–Crippen LogP) is 5.44. The third-order valence-corrected chi connectivity index (χ3v) is 6.69. The molecule has 2 aromatic carbocycles. The van der Waals surface area contributed by atoms with Crippen LogP contribution in [0.1, 0.15) is 40.5 Å². The topological polar surface area (TPSA) is 78.0 Å². The van der Waals surface area contributed by atoms with E-state index in [1.54, 1.807) is 29.7 Å². The van der Waals surface area contributed by atoms with Crippen molar-refractivity contribution in [2.75, 3.05) is 5.73 Å². The second-order valence-electron chi connectivity index (χ2n) is 8.02. The fourth-order valence-corrected chi connectivity index (χ4v) is 5.02. The summed E-state index contributed by atoms with van der Waals surface area (Å²) in [5.41, 5.74) is 9.39. The maximum Gasteiger partial charge on any atom is 0.176 e. The minimum absolute atomic E-state index is 0.0606. The number of hydrogen-bond donors (Lipinski definition) is 1. The van der Waals surface area contributed by atoms with Gasteiger partial charge >= 0.3 is 0 Å². The van der Waals surface area contributed by atoms with Crippen molar-refractivity contribution in [2.24, 2.45) is 0 Å². The first-order chi connectivity index (χ1) is 15.3. The van der Waals surface area contributed by atoms with Crippen LogP contribution in [0.15, 0.2) is 48.6 Å². The van der Waals surface area contributed by atoms with Gasteiger partial charge in [-0.2, -0.15) is 4.37 Å². The highest BCUT2D eigenvalue weighted by molar-refractivity contribution is 7.13. The van der Waals surface area contributed by atoms with Gasteiger partial charge in [-0.05, 0) is 53.8 Å². The van der Waals surface area contributed by atoms with Crippen molar-refractivity contribution in [3.63, 3.8) is 0 Å². The van der Waals surface area contributed by atoms with Crippen molar-refractivity contribution in [3.05, 3.63) is 76.8 Å². The van der Waals surface area contributed by atoms with E-state index in [1.807, 2.05) is 24.3 Å². The van der Waals surface area contributed by atoms with E-state index in [0.717, 1.165) is 15.6 Å². The molecule has 0 unspecified atom stereocenters. The smallest absolute Gasteiger partial charge is 0.176 e. The van der Waals surface area contributed by atoms with Gasteiger partial charge in [0.1, 0.15) is 11.6 Å². The molecular formula is C25H20FN3O2S. The molecule has 0 spiro atoms. The fraction of sp³-hybridized carbons (Fsp3) is 0.160. The zero-order chi connectivity index (χ0) is 22.6.